The predicted octanol–water partition coefficient (Wildman–Crippen LogP) is 3.54. The highest BCUT2D eigenvalue weighted by atomic mass is 35.5. The first kappa shape index (κ1) is 20.0. The lowest BCUT2D eigenvalue weighted by Gasteiger charge is -2.25. The maximum atomic E-state index is 12.5. The van der Waals surface area contributed by atoms with Crippen molar-refractivity contribution in [1.82, 2.24) is 20.3 Å². The third-order valence-corrected chi connectivity index (χ3v) is 5.60. The van der Waals surface area contributed by atoms with Crippen molar-refractivity contribution in [2.75, 3.05) is 25.1 Å². The lowest BCUT2D eigenvalue weighted by atomic mass is 10.1. The Kier molecular flexibility index (Phi) is 4.70. The zero-order valence-electron chi connectivity index (χ0n) is 17.4. The molecule has 3 aromatic heterocycles. The molecule has 0 radical (unpaired) electrons. The van der Waals surface area contributed by atoms with Crippen molar-refractivity contribution < 1.29 is 23.4 Å². The maximum Gasteiger partial charge on any atom is 0.321 e. The molecule has 6 rings (SSSR count). The number of furan rings is 1. The molecule has 1 aromatic carbocycles. The third kappa shape index (κ3) is 3.66. The lowest BCUT2D eigenvalue weighted by Crippen LogP contribution is -2.39. The fourth-order valence-electron chi connectivity index (χ4n) is 3.78. The van der Waals surface area contributed by atoms with Crippen molar-refractivity contribution in [3.63, 3.8) is 0 Å². The monoisotopic (exact) mass is 467 g/mol. The van der Waals surface area contributed by atoms with Crippen molar-refractivity contribution >= 4 is 45.1 Å². The molecule has 4 aromatic rings. The van der Waals surface area contributed by atoms with Crippen molar-refractivity contribution in [3.8, 4) is 17.8 Å². The standard InChI is InChI=1S/C22H18ClN5O5/c1-10-7-24-19-18-12-2-5-16(26-13(12)3-4-14(18)32-20(19)21(29)25-10)33-17-6-15(23)27-22(28-17)31-11-8-30-9-11/h2-6,10-11,24H,7-9H2,1H3,(H,25,29)/t10-/m1/s1. The van der Waals surface area contributed by atoms with Crippen LogP contribution in [0.5, 0.6) is 17.8 Å². The Morgan fingerprint density at radius 1 is 1.12 bits per heavy atom. The van der Waals surface area contributed by atoms with Crippen LogP contribution in [0, 0.1) is 0 Å². The van der Waals surface area contributed by atoms with Crippen LogP contribution in [0.2, 0.25) is 5.15 Å². The van der Waals surface area contributed by atoms with Gasteiger partial charge in [-0.05, 0) is 25.1 Å². The molecule has 0 spiro atoms. The smallest absolute Gasteiger partial charge is 0.321 e. The van der Waals surface area contributed by atoms with Gasteiger partial charge in [0, 0.05) is 30.1 Å². The predicted molar refractivity (Wildman–Crippen MR) is 119 cm³/mol. The number of hydrogen-bond donors (Lipinski definition) is 2. The van der Waals surface area contributed by atoms with Crippen LogP contribution in [-0.4, -0.2) is 52.8 Å². The normalized spacial score (nSPS) is 18.2. The van der Waals surface area contributed by atoms with Gasteiger partial charge in [0.25, 0.3) is 5.91 Å². The van der Waals surface area contributed by atoms with E-state index in [1.165, 1.54) is 6.07 Å². The van der Waals surface area contributed by atoms with E-state index in [0.717, 1.165) is 10.8 Å². The highest BCUT2D eigenvalue weighted by Gasteiger charge is 2.27. The van der Waals surface area contributed by atoms with Crippen LogP contribution >= 0.6 is 11.6 Å². The summed E-state index contributed by atoms with van der Waals surface area (Å²) in [6.45, 7) is 3.49. The number of hydrogen-bond acceptors (Lipinski definition) is 9. The second kappa shape index (κ2) is 7.75. The van der Waals surface area contributed by atoms with Crippen molar-refractivity contribution in [3.05, 3.63) is 41.2 Å². The number of pyridine rings is 1. The first-order chi connectivity index (χ1) is 16.0. The largest absolute Gasteiger partial charge is 0.455 e. The molecule has 1 saturated heterocycles. The van der Waals surface area contributed by atoms with E-state index in [1.807, 2.05) is 19.1 Å². The summed E-state index contributed by atoms with van der Waals surface area (Å²) in [5.74, 6) is 0.556. The number of halogens is 1. The van der Waals surface area contributed by atoms with Gasteiger partial charge in [-0.15, -0.1) is 0 Å². The lowest BCUT2D eigenvalue weighted by molar-refractivity contribution is -0.0832. The Morgan fingerprint density at radius 2 is 2.00 bits per heavy atom. The fraction of sp³-hybridized carbons (Fsp3) is 0.273. The van der Waals surface area contributed by atoms with E-state index in [1.54, 1.807) is 12.1 Å². The summed E-state index contributed by atoms with van der Waals surface area (Å²) >= 11 is 6.10. The van der Waals surface area contributed by atoms with Gasteiger partial charge in [0.15, 0.2) is 0 Å². The summed E-state index contributed by atoms with van der Waals surface area (Å²) in [7, 11) is 0. The molecule has 10 nitrogen and oxygen atoms in total. The summed E-state index contributed by atoms with van der Waals surface area (Å²) in [4.78, 5) is 25.4. The number of benzene rings is 1. The summed E-state index contributed by atoms with van der Waals surface area (Å²) in [6, 6.07) is 8.77. The van der Waals surface area contributed by atoms with E-state index in [-0.39, 0.29) is 40.9 Å². The minimum Gasteiger partial charge on any atom is -0.455 e. The second-order valence-electron chi connectivity index (χ2n) is 7.91. The van der Waals surface area contributed by atoms with Crippen molar-refractivity contribution in [2.24, 2.45) is 0 Å². The van der Waals surface area contributed by atoms with Crippen LogP contribution < -0.4 is 20.1 Å². The van der Waals surface area contributed by atoms with Crippen LogP contribution in [0.3, 0.4) is 0 Å². The molecule has 1 fully saturated rings. The molecule has 0 saturated carbocycles. The number of carbonyl (C=O) groups is 1. The average Bonchev–Trinajstić information content (AvgIpc) is 3.07. The van der Waals surface area contributed by atoms with Crippen LogP contribution in [0.15, 0.2) is 34.7 Å². The zero-order valence-corrected chi connectivity index (χ0v) is 18.2. The summed E-state index contributed by atoms with van der Waals surface area (Å²) in [6.07, 6.45) is -0.0960. The van der Waals surface area contributed by atoms with Gasteiger partial charge in [-0.3, -0.25) is 4.79 Å². The molecule has 33 heavy (non-hydrogen) atoms. The van der Waals surface area contributed by atoms with E-state index < -0.39 is 0 Å². The molecular formula is C22H18ClN5O5. The topological polar surface area (TPSA) is 121 Å². The molecule has 168 valence electrons. The van der Waals surface area contributed by atoms with E-state index in [2.05, 4.69) is 25.6 Å². The molecule has 0 bridgehead atoms. The first-order valence-electron chi connectivity index (χ1n) is 10.4. The third-order valence-electron chi connectivity index (χ3n) is 5.40. The number of aromatic nitrogens is 3. The number of amides is 1. The fourth-order valence-corrected chi connectivity index (χ4v) is 3.95. The molecular weight excluding hydrogens is 450 g/mol. The molecule has 0 unspecified atom stereocenters. The van der Waals surface area contributed by atoms with E-state index >= 15 is 0 Å². The number of rotatable bonds is 4. The van der Waals surface area contributed by atoms with Gasteiger partial charge >= 0.3 is 6.01 Å². The number of carbonyl (C=O) groups excluding carboxylic acids is 1. The van der Waals surface area contributed by atoms with Gasteiger partial charge in [0.2, 0.25) is 17.5 Å². The molecule has 2 aliphatic heterocycles. The van der Waals surface area contributed by atoms with E-state index in [9.17, 15) is 4.79 Å². The van der Waals surface area contributed by atoms with Gasteiger partial charge in [0.1, 0.15) is 16.8 Å². The zero-order chi connectivity index (χ0) is 22.5. The Balaban J connectivity index is 1.35. The molecule has 2 aliphatic rings. The summed E-state index contributed by atoms with van der Waals surface area (Å²) in [5, 5.41) is 8.04. The maximum absolute atomic E-state index is 12.5. The van der Waals surface area contributed by atoms with Crippen LogP contribution in [0.25, 0.3) is 21.9 Å². The summed E-state index contributed by atoms with van der Waals surface area (Å²) in [5.41, 5.74) is 1.94. The summed E-state index contributed by atoms with van der Waals surface area (Å²) < 4.78 is 22.4. The van der Waals surface area contributed by atoms with Crippen LogP contribution in [0.4, 0.5) is 5.69 Å². The van der Waals surface area contributed by atoms with Crippen LogP contribution in [-0.2, 0) is 4.74 Å². The quantitative estimate of drug-likeness (QED) is 0.434. The van der Waals surface area contributed by atoms with Crippen molar-refractivity contribution in [1.29, 1.82) is 0 Å². The molecule has 11 heteroatoms. The molecule has 5 heterocycles. The molecule has 2 N–H and O–H groups in total. The SMILES string of the molecule is C[C@@H]1CNc2c(oc3ccc4nc(Oc5cc(Cl)nc(OC6COC6)n5)ccc4c23)C(=O)N1. The first-order valence-corrected chi connectivity index (χ1v) is 10.8. The number of nitrogens with one attached hydrogen (secondary N) is 2. The molecule has 1 atom stereocenters. The van der Waals surface area contributed by atoms with Crippen molar-refractivity contribution in [2.45, 2.75) is 19.1 Å². The Labute approximate surface area is 192 Å². The Hall–Kier alpha value is -3.63. The number of anilines is 1. The van der Waals surface area contributed by atoms with Gasteiger partial charge in [-0.25, -0.2) is 4.98 Å². The molecule has 1 amide bonds. The second-order valence-corrected chi connectivity index (χ2v) is 8.29. The highest BCUT2D eigenvalue weighted by Crippen LogP contribution is 2.38. The Bertz CT molecular complexity index is 1400. The minimum atomic E-state index is -0.244. The van der Waals surface area contributed by atoms with E-state index in [0.29, 0.717) is 42.4 Å². The van der Waals surface area contributed by atoms with Gasteiger partial charge in [-0.1, -0.05) is 11.6 Å². The Morgan fingerprint density at radius 3 is 2.82 bits per heavy atom. The van der Waals surface area contributed by atoms with Crippen LogP contribution in [0.1, 0.15) is 17.5 Å². The van der Waals surface area contributed by atoms with Gasteiger partial charge < -0.3 is 29.3 Å². The number of nitrogens with zero attached hydrogens (tertiary/aromatic N) is 3. The average molecular weight is 468 g/mol. The molecule has 0 aliphatic carbocycles. The van der Waals surface area contributed by atoms with E-state index in [4.69, 9.17) is 30.2 Å². The highest BCUT2D eigenvalue weighted by molar-refractivity contribution is 6.29. The number of fused-ring (bicyclic) bond motifs is 5. The minimum absolute atomic E-state index is 0.0198. The van der Waals surface area contributed by atoms with Gasteiger partial charge in [0.05, 0.1) is 29.8 Å². The van der Waals surface area contributed by atoms with Gasteiger partial charge in [-0.2, -0.15) is 9.97 Å². The number of ether oxygens (including phenoxy) is 3.